The maximum atomic E-state index is 12.1. The van der Waals surface area contributed by atoms with E-state index in [0.717, 1.165) is 0 Å². The third-order valence-electron chi connectivity index (χ3n) is 2.12. The maximum Gasteiger partial charge on any atom is 0.326 e. The number of hydrogen-bond donors (Lipinski definition) is 2. The molecule has 0 aliphatic rings. The molecule has 0 saturated carbocycles. The number of halogens is 2. The molecule has 0 saturated heterocycles. The number of carboxylic acid groups (broad SMARTS) is 1. The summed E-state index contributed by atoms with van der Waals surface area (Å²) in [4.78, 5) is 22.3. The number of amides is 1. The monoisotopic (exact) mass is 263 g/mol. The number of aryl methyl sites for hydroxylation is 1. The quantitative estimate of drug-likeness (QED) is 0.852. The van der Waals surface area contributed by atoms with Crippen LogP contribution in [0.4, 0.5) is 8.78 Å². The van der Waals surface area contributed by atoms with E-state index >= 15 is 0 Å². The fourth-order valence-electron chi connectivity index (χ4n) is 1.23. The molecule has 0 aliphatic carbocycles. The number of carboxylic acids is 1. The number of aliphatic carboxylic acids is 1. The molecule has 2 N–H and O–H groups in total. The summed E-state index contributed by atoms with van der Waals surface area (Å²) in [5.74, 6) is -2.11. The zero-order valence-corrected chi connectivity index (χ0v) is 9.76. The minimum absolute atomic E-state index is 0.315. The lowest BCUT2D eigenvalue weighted by Gasteiger charge is -2.13. The lowest BCUT2D eigenvalue weighted by Crippen LogP contribution is -2.42. The minimum atomic E-state index is -2.78. The zero-order chi connectivity index (χ0) is 13.0. The highest BCUT2D eigenvalue weighted by atomic mass is 32.1. The fraction of sp³-hybridized carbons (Fsp3) is 0.400. The third-order valence-corrected chi connectivity index (χ3v) is 2.98. The van der Waals surface area contributed by atoms with Crippen molar-refractivity contribution < 1.29 is 23.5 Å². The Morgan fingerprint density at radius 1 is 1.47 bits per heavy atom. The molecule has 94 valence electrons. The molecule has 1 aromatic heterocycles. The molecule has 1 heterocycles. The molecule has 1 rings (SSSR count). The van der Waals surface area contributed by atoms with E-state index in [9.17, 15) is 18.4 Å². The zero-order valence-electron chi connectivity index (χ0n) is 8.94. The largest absolute Gasteiger partial charge is 0.480 e. The van der Waals surface area contributed by atoms with E-state index in [-0.39, 0.29) is 0 Å². The van der Waals surface area contributed by atoms with Gasteiger partial charge in [-0.15, -0.1) is 0 Å². The minimum Gasteiger partial charge on any atom is -0.480 e. The number of carbonyl (C=O) groups is 2. The average molecular weight is 263 g/mol. The first-order chi connectivity index (χ1) is 7.91. The van der Waals surface area contributed by atoms with Crippen molar-refractivity contribution in [2.45, 2.75) is 25.8 Å². The summed E-state index contributed by atoms with van der Waals surface area (Å²) in [5, 5.41) is 14.0. The molecule has 1 aromatic rings. The first kappa shape index (κ1) is 13.6. The maximum absolute atomic E-state index is 12.1. The molecule has 0 fully saturated rings. The summed E-state index contributed by atoms with van der Waals surface area (Å²) in [6, 6.07) is -1.57. The van der Waals surface area contributed by atoms with Crippen molar-refractivity contribution in [3.63, 3.8) is 0 Å². The van der Waals surface area contributed by atoms with Crippen LogP contribution in [0.1, 0.15) is 22.3 Å². The molecule has 1 amide bonds. The molecular formula is C10H11F2NO3S. The first-order valence-electron chi connectivity index (χ1n) is 4.76. The van der Waals surface area contributed by atoms with Gasteiger partial charge in [-0.2, -0.15) is 11.3 Å². The van der Waals surface area contributed by atoms with Gasteiger partial charge in [-0.3, -0.25) is 4.79 Å². The molecule has 0 radical (unpaired) electrons. The number of nitrogens with one attached hydrogen (secondary N) is 1. The van der Waals surface area contributed by atoms with E-state index in [1.807, 2.05) is 0 Å². The second-order valence-electron chi connectivity index (χ2n) is 3.46. The van der Waals surface area contributed by atoms with Crippen molar-refractivity contribution in [2.24, 2.45) is 0 Å². The standard InChI is InChI=1S/C10H11F2NO3S/c1-5-3-17-4-6(5)9(14)13-7(10(15)16)2-8(11)12/h3-4,7-8H,2H2,1H3,(H,13,14)(H,15,16). The van der Waals surface area contributed by atoms with Gasteiger partial charge in [-0.25, -0.2) is 13.6 Å². The summed E-state index contributed by atoms with van der Waals surface area (Å²) in [7, 11) is 0. The highest BCUT2D eigenvalue weighted by Gasteiger charge is 2.25. The Balaban J connectivity index is 2.71. The van der Waals surface area contributed by atoms with Crippen LogP contribution in [0.15, 0.2) is 10.8 Å². The van der Waals surface area contributed by atoms with Gasteiger partial charge in [0.15, 0.2) is 0 Å². The number of hydrogen-bond acceptors (Lipinski definition) is 3. The normalized spacial score (nSPS) is 12.5. The van der Waals surface area contributed by atoms with Crippen LogP contribution in [0.2, 0.25) is 0 Å². The number of thiophene rings is 1. The van der Waals surface area contributed by atoms with Gasteiger partial charge < -0.3 is 10.4 Å². The fourth-order valence-corrected chi connectivity index (χ4v) is 2.06. The number of rotatable bonds is 5. The predicted molar refractivity (Wildman–Crippen MR) is 58.6 cm³/mol. The van der Waals surface area contributed by atoms with E-state index in [1.165, 1.54) is 11.3 Å². The van der Waals surface area contributed by atoms with Crippen molar-refractivity contribution in [3.8, 4) is 0 Å². The Labute approximate surface area is 100 Å². The van der Waals surface area contributed by atoms with Gasteiger partial charge in [-0.05, 0) is 17.9 Å². The van der Waals surface area contributed by atoms with E-state index in [4.69, 9.17) is 5.11 Å². The van der Waals surface area contributed by atoms with Crippen molar-refractivity contribution in [2.75, 3.05) is 0 Å². The summed E-state index contributed by atoms with van der Waals surface area (Å²) in [6.45, 7) is 1.69. The first-order valence-corrected chi connectivity index (χ1v) is 5.70. The van der Waals surface area contributed by atoms with Crippen LogP contribution in [0, 0.1) is 6.92 Å². The lowest BCUT2D eigenvalue weighted by molar-refractivity contribution is -0.140. The van der Waals surface area contributed by atoms with Crippen molar-refractivity contribution >= 4 is 23.2 Å². The third kappa shape index (κ3) is 3.77. The van der Waals surface area contributed by atoms with Crippen molar-refractivity contribution in [1.82, 2.24) is 5.32 Å². The lowest BCUT2D eigenvalue weighted by atomic mass is 10.1. The van der Waals surface area contributed by atoms with Crippen molar-refractivity contribution in [1.29, 1.82) is 0 Å². The highest BCUT2D eigenvalue weighted by molar-refractivity contribution is 7.08. The van der Waals surface area contributed by atoms with Gasteiger partial charge >= 0.3 is 5.97 Å². The van der Waals surface area contributed by atoms with E-state index in [1.54, 1.807) is 17.7 Å². The Kier molecular flexibility index (Phi) is 4.56. The predicted octanol–water partition coefficient (Wildman–Crippen LogP) is 1.89. The highest BCUT2D eigenvalue weighted by Crippen LogP contribution is 2.14. The van der Waals surface area contributed by atoms with E-state index < -0.39 is 30.8 Å². The van der Waals surface area contributed by atoms with Gasteiger partial charge in [-0.1, -0.05) is 0 Å². The van der Waals surface area contributed by atoms with Crippen LogP contribution >= 0.6 is 11.3 Å². The summed E-state index contributed by atoms with van der Waals surface area (Å²) in [5.41, 5.74) is 1.00. The molecular weight excluding hydrogens is 252 g/mol. The van der Waals surface area contributed by atoms with Crippen molar-refractivity contribution in [3.05, 3.63) is 21.9 Å². The summed E-state index contributed by atoms with van der Waals surface area (Å²) in [6.07, 6.45) is -3.68. The van der Waals surface area contributed by atoms with Gasteiger partial charge in [0.1, 0.15) is 6.04 Å². The molecule has 17 heavy (non-hydrogen) atoms. The molecule has 1 unspecified atom stereocenters. The number of alkyl halides is 2. The average Bonchev–Trinajstić information content (AvgIpc) is 2.62. The molecule has 1 atom stereocenters. The molecule has 4 nitrogen and oxygen atoms in total. The van der Waals surface area contributed by atoms with Crippen LogP contribution < -0.4 is 5.32 Å². The van der Waals surface area contributed by atoms with Crippen LogP contribution in [-0.2, 0) is 4.79 Å². The Morgan fingerprint density at radius 3 is 2.53 bits per heavy atom. The van der Waals surface area contributed by atoms with Gasteiger partial charge in [0.25, 0.3) is 5.91 Å². The SMILES string of the molecule is Cc1cscc1C(=O)NC(CC(F)F)C(=O)O. The summed E-state index contributed by atoms with van der Waals surface area (Å²) >= 11 is 1.29. The van der Waals surface area contributed by atoms with Gasteiger partial charge in [0.2, 0.25) is 6.43 Å². The second-order valence-corrected chi connectivity index (χ2v) is 4.20. The molecule has 0 aromatic carbocycles. The molecule has 0 spiro atoms. The topological polar surface area (TPSA) is 66.4 Å². The van der Waals surface area contributed by atoms with Gasteiger partial charge in [0.05, 0.1) is 5.56 Å². The van der Waals surface area contributed by atoms with Crippen LogP contribution in [0.3, 0.4) is 0 Å². The molecule has 7 heteroatoms. The summed E-state index contributed by atoms with van der Waals surface area (Å²) < 4.78 is 24.2. The second kappa shape index (κ2) is 5.72. The van der Waals surface area contributed by atoms with Crippen LogP contribution in [0.5, 0.6) is 0 Å². The van der Waals surface area contributed by atoms with Crippen LogP contribution in [0.25, 0.3) is 0 Å². The Morgan fingerprint density at radius 2 is 2.12 bits per heavy atom. The molecule has 0 aliphatic heterocycles. The number of carbonyl (C=O) groups excluding carboxylic acids is 1. The Hall–Kier alpha value is -1.50. The van der Waals surface area contributed by atoms with Gasteiger partial charge in [0, 0.05) is 11.8 Å². The molecule has 0 bridgehead atoms. The van der Waals surface area contributed by atoms with E-state index in [0.29, 0.717) is 11.1 Å². The van der Waals surface area contributed by atoms with E-state index in [2.05, 4.69) is 5.32 Å². The smallest absolute Gasteiger partial charge is 0.326 e. The van der Waals surface area contributed by atoms with Crippen LogP contribution in [-0.4, -0.2) is 29.5 Å². The Bertz CT molecular complexity index is 419.